The largest absolute Gasteiger partial charge is 0.493 e. The minimum Gasteiger partial charge on any atom is -0.493 e. The van der Waals surface area contributed by atoms with Gasteiger partial charge < -0.3 is 4.74 Å². The summed E-state index contributed by atoms with van der Waals surface area (Å²) in [6.45, 7) is 4.82. The van der Waals surface area contributed by atoms with Crippen LogP contribution in [-0.2, 0) is 0 Å². The monoisotopic (exact) mass is 359 g/mol. The number of ether oxygens (including phenoxy) is 1. The normalized spacial score (nSPS) is 14.6. The van der Waals surface area contributed by atoms with Gasteiger partial charge >= 0.3 is 0 Å². The van der Waals surface area contributed by atoms with E-state index < -0.39 is 0 Å². The Balaban J connectivity index is 1.64. The third-order valence-corrected chi connectivity index (χ3v) is 5.41. The summed E-state index contributed by atoms with van der Waals surface area (Å²) in [7, 11) is 0. The van der Waals surface area contributed by atoms with Gasteiger partial charge in [-0.15, -0.1) is 10.2 Å². The fourth-order valence-electron chi connectivity index (χ4n) is 3.58. The Hall–Kier alpha value is -3.02. The molecule has 1 aliphatic carbocycles. The highest BCUT2D eigenvalue weighted by atomic mass is 16.5. The summed E-state index contributed by atoms with van der Waals surface area (Å²) in [6, 6.07) is 10.0. The molecule has 0 radical (unpaired) electrons. The van der Waals surface area contributed by atoms with Crippen LogP contribution < -0.4 is 4.74 Å². The predicted molar refractivity (Wildman–Crippen MR) is 104 cm³/mol. The number of hydrogen-bond donors (Lipinski definition) is 0. The summed E-state index contributed by atoms with van der Waals surface area (Å²) in [4.78, 5) is 9.13. The smallest absolute Gasteiger partial charge is 0.184 e. The number of aryl methyl sites for hydroxylation is 2. The molecule has 1 aromatic carbocycles. The standard InChI is InChI=1S/C21H21N5O/c1-13-8-9-16(27-12-15-5-3-6-15)11-17(13)20-25-24-19-14(2)23-18-7-4-10-22-21(18)26(19)20/h4,7-11,15H,3,5-6,12H2,1-2H3. The van der Waals surface area contributed by atoms with Crippen molar-refractivity contribution >= 4 is 16.8 Å². The molecular weight excluding hydrogens is 338 g/mol. The summed E-state index contributed by atoms with van der Waals surface area (Å²) in [5.74, 6) is 2.35. The Morgan fingerprint density at radius 1 is 1.11 bits per heavy atom. The molecule has 4 aromatic rings. The van der Waals surface area contributed by atoms with Crippen LogP contribution in [-0.4, -0.2) is 31.2 Å². The molecule has 0 saturated heterocycles. The van der Waals surface area contributed by atoms with Crippen molar-refractivity contribution in [2.75, 3.05) is 6.61 Å². The number of fused-ring (bicyclic) bond motifs is 3. The first kappa shape index (κ1) is 16.2. The van der Waals surface area contributed by atoms with E-state index in [9.17, 15) is 0 Å². The first-order valence-corrected chi connectivity index (χ1v) is 9.41. The van der Waals surface area contributed by atoms with Crippen LogP contribution >= 0.6 is 0 Å². The van der Waals surface area contributed by atoms with Crippen molar-refractivity contribution in [2.45, 2.75) is 33.1 Å². The van der Waals surface area contributed by atoms with Crippen LogP contribution in [0.2, 0.25) is 0 Å². The summed E-state index contributed by atoms with van der Waals surface area (Å²) >= 11 is 0. The van der Waals surface area contributed by atoms with Gasteiger partial charge in [-0.25, -0.2) is 9.97 Å². The molecule has 0 spiro atoms. The first-order valence-electron chi connectivity index (χ1n) is 9.41. The minimum atomic E-state index is 0.700. The van der Waals surface area contributed by atoms with Crippen molar-refractivity contribution in [2.24, 2.45) is 5.92 Å². The molecule has 0 aliphatic heterocycles. The lowest BCUT2D eigenvalue weighted by atomic mass is 9.86. The Morgan fingerprint density at radius 3 is 2.81 bits per heavy atom. The zero-order valence-electron chi connectivity index (χ0n) is 15.5. The Morgan fingerprint density at radius 2 is 2.00 bits per heavy atom. The zero-order chi connectivity index (χ0) is 18.4. The highest BCUT2D eigenvalue weighted by Crippen LogP contribution is 2.31. The summed E-state index contributed by atoms with van der Waals surface area (Å²) in [5, 5.41) is 8.86. The van der Waals surface area contributed by atoms with Gasteiger partial charge in [-0.05, 0) is 62.4 Å². The van der Waals surface area contributed by atoms with E-state index in [-0.39, 0.29) is 0 Å². The average Bonchev–Trinajstić information content (AvgIpc) is 3.08. The van der Waals surface area contributed by atoms with Crippen LogP contribution in [0.3, 0.4) is 0 Å². The molecule has 1 saturated carbocycles. The number of pyridine rings is 1. The second-order valence-electron chi connectivity index (χ2n) is 7.31. The summed E-state index contributed by atoms with van der Waals surface area (Å²) < 4.78 is 8.04. The predicted octanol–water partition coefficient (Wildman–Crippen LogP) is 4.14. The molecule has 27 heavy (non-hydrogen) atoms. The molecule has 0 bridgehead atoms. The van der Waals surface area contributed by atoms with Crippen LogP contribution in [0, 0.1) is 19.8 Å². The molecule has 0 N–H and O–H groups in total. The van der Waals surface area contributed by atoms with E-state index in [4.69, 9.17) is 4.74 Å². The number of hydrogen-bond acceptors (Lipinski definition) is 5. The van der Waals surface area contributed by atoms with E-state index in [0.717, 1.165) is 51.8 Å². The Labute approximate surface area is 157 Å². The van der Waals surface area contributed by atoms with E-state index in [2.05, 4.69) is 39.2 Å². The molecule has 1 fully saturated rings. The SMILES string of the molecule is Cc1ccc(OCC2CCC2)cc1-c1nnc2c(C)nc3cccnc3n12. The quantitative estimate of drug-likeness (QED) is 0.548. The maximum absolute atomic E-state index is 6.04. The van der Waals surface area contributed by atoms with Gasteiger partial charge in [0.25, 0.3) is 0 Å². The molecule has 0 unspecified atom stereocenters. The van der Waals surface area contributed by atoms with Crippen molar-refractivity contribution in [1.29, 1.82) is 0 Å². The molecule has 136 valence electrons. The van der Waals surface area contributed by atoms with E-state index in [0.29, 0.717) is 5.92 Å². The lowest BCUT2D eigenvalue weighted by molar-refractivity contribution is 0.180. The third kappa shape index (κ3) is 2.72. The lowest BCUT2D eigenvalue weighted by Crippen LogP contribution is -2.19. The van der Waals surface area contributed by atoms with E-state index in [1.54, 1.807) is 6.20 Å². The van der Waals surface area contributed by atoms with Crippen LogP contribution in [0.25, 0.3) is 28.2 Å². The number of aromatic nitrogens is 5. The number of nitrogens with zero attached hydrogens (tertiary/aromatic N) is 5. The Bertz CT molecular complexity index is 1150. The van der Waals surface area contributed by atoms with Gasteiger partial charge in [0.1, 0.15) is 11.3 Å². The van der Waals surface area contributed by atoms with Crippen molar-refractivity contribution < 1.29 is 4.74 Å². The van der Waals surface area contributed by atoms with Crippen molar-refractivity contribution in [3.05, 3.63) is 47.8 Å². The van der Waals surface area contributed by atoms with Gasteiger partial charge in [0.05, 0.1) is 12.3 Å². The highest BCUT2D eigenvalue weighted by molar-refractivity contribution is 5.78. The molecule has 3 aromatic heterocycles. The van der Waals surface area contributed by atoms with Crippen LogP contribution in [0.5, 0.6) is 5.75 Å². The maximum Gasteiger partial charge on any atom is 0.184 e. The molecule has 6 nitrogen and oxygen atoms in total. The van der Waals surface area contributed by atoms with Crippen LogP contribution in [0.4, 0.5) is 0 Å². The van der Waals surface area contributed by atoms with E-state index in [1.165, 1.54) is 19.3 Å². The van der Waals surface area contributed by atoms with E-state index in [1.807, 2.05) is 29.5 Å². The molecule has 1 aliphatic rings. The fourth-order valence-corrected chi connectivity index (χ4v) is 3.58. The fraction of sp³-hybridized carbons (Fsp3) is 0.333. The molecule has 3 heterocycles. The van der Waals surface area contributed by atoms with Crippen LogP contribution in [0.15, 0.2) is 36.5 Å². The lowest BCUT2D eigenvalue weighted by Gasteiger charge is -2.25. The van der Waals surface area contributed by atoms with Gasteiger partial charge in [0, 0.05) is 11.8 Å². The Kier molecular flexibility index (Phi) is 3.77. The van der Waals surface area contributed by atoms with Gasteiger partial charge in [-0.1, -0.05) is 12.5 Å². The van der Waals surface area contributed by atoms with Gasteiger partial charge in [-0.2, -0.15) is 0 Å². The molecule has 5 rings (SSSR count). The number of rotatable bonds is 4. The van der Waals surface area contributed by atoms with E-state index >= 15 is 0 Å². The molecule has 0 atom stereocenters. The van der Waals surface area contributed by atoms with Gasteiger partial charge in [-0.3, -0.25) is 4.40 Å². The zero-order valence-corrected chi connectivity index (χ0v) is 15.5. The summed E-state index contributed by atoms with van der Waals surface area (Å²) in [5.41, 5.74) is 5.29. The van der Waals surface area contributed by atoms with Gasteiger partial charge in [0.2, 0.25) is 0 Å². The third-order valence-electron chi connectivity index (χ3n) is 5.41. The van der Waals surface area contributed by atoms with Crippen LogP contribution in [0.1, 0.15) is 30.5 Å². The maximum atomic E-state index is 6.04. The first-order chi connectivity index (χ1) is 13.2. The second-order valence-corrected chi connectivity index (χ2v) is 7.31. The minimum absolute atomic E-state index is 0.700. The molecule has 6 heteroatoms. The highest BCUT2D eigenvalue weighted by Gasteiger charge is 2.19. The van der Waals surface area contributed by atoms with Crippen molar-refractivity contribution in [1.82, 2.24) is 24.6 Å². The number of benzene rings is 1. The topological polar surface area (TPSA) is 65.2 Å². The second kappa shape index (κ2) is 6.30. The summed E-state index contributed by atoms with van der Waals surface area (Å²) in [6.07, 6.45) is 5.65. The van der Waals surface area contributed by atoms with Crippen molar-refractivity contribution in [3.63, 3.8) is 0 Å². The molecule has 0 amide bonds. The van der Waals surface area contributed by atoms with Gasteiger partial charge in [0.15, 0.2) is 17.1 Å². The molecular formula is C21H21N5O. The average molecular weight is 359 g/mol. The van der Waals surface area contributed by atoms with Crippen molar-refractivity contribution in [3.8, 4) is 17.1 Å².